The SMILES string of the molecule is CC(C)C[C@H](C(=O)NC[C@H]1CCCO1)N(C(=O)Cn1nnc(-c2ccc(F)cc2)n1)c1ccc(F)c(Cl)c1. The molecule has 0 unspecified atom stereocenters. The third-order valence-electron chi connectivity index (χ3n) is 6.12. The number of tetrazole rings is 1. The zero-order valence-electron chi connectivity index (χ0n) is 21.1. The summed E-state index contributed by atoms with van der Waals surface area (Å²) >= 11 is 6.05. The number of hydrogen-bond acceptors (Lipinski definition) is 6. The van der Waals surface area contributed by atoms with Gasteiger partial charge in [-0.3, -0.25) is 14.5 Å². The van der Waals surface area contributed by atoms with Crippen LogP contribution < -0.4 is 10.2 Å². The summed E-state index contributed by atoms with van der Waals surface area (Å²) < 4.78 is 32.9. The number of benzene rings is 2. The number of rotatable bonds is 10. The predicted octanol–water partition coefficient (Wildman–Crippen LogP) is 4.01. The minimum atomic E-state index is -0.912. The molecule has 38 heavy (non-hydrogen) atoms. The van der Waals surface area contributed by atoms with Crippen molar-refractivity contribution in [3.63, 3.8) is 0 Å². The van der Waals surface area contributed by atoms with Crippen molar-refractivity contribution in [2.75, 3.05) is 18.1 Å². The van der Waals surface area contributed by atoms with E-state index in [4.69, 9.17) is 16.3 Å². The molecule has 0 spiro atoms. The van der Waals surface area contributed by atoms with E-state index in [1.54, 1.807) is 0 Å². The van der Waals surface area contributed by atoms with Gasteiger partial charge in [0.05, 0.1) is 11.1 Å². The standard InChI is InChI=1S/C26H29ClF2N6O3/c1-16(2)12-23(26(37)30-14-20-4-3-11-38-20)35(19-9-10-22(29)21(27)13-19)24(36)15-34-32-25(31-33-34)17-5-7-18(28)8-6-17/h5-10,13,16,20,23H,3-4,11-12,14-15H2,1-2H3,(H,30,37)/t20-,23-/m1/s1. The van der Waals surface area contributed by atoms with Crippen molar-refractivity contribution in [2.24, 2.45) is 5.92 Å². The molecule has 9 nitrogen and oxygen atoms in total. The van der Waals surface area contributed by atoms with Crippen molar-refractivity contribution in [2.45, 2.75) is 51.8 Å². The summed E-state index contributed by atoms with van der Waals surface area (Å²) in [6.07, 6.45) is 2.04. The number of amides is 2. The van der Waals surface area contributed by atoms with E-state index in [1.165, 1.54) is 41.3 Å². The molecule has 1 aliphatic heterocycles. The van der Waals surface area contributed by atoms with Gasteiger partial charge in [-0.2, -0.15) is 4.80 Å². The minimum absolute atomic E-state index is 0.0503. The highest BCUT2D eigenvalue weighted by atomic mass is 35.5. The highest BCUT2D eigenvalue weighted by Crippen LogP contribution is 2.27. The van der Waals surface area contributed by atoms with E-state index in [0.717, 1.165) is 23.7 Å². The van der Waals surface area contributed by atoms with Gasteiger partial charge in [-0.15, -0.1) is 10.2 Å². The van der Waals surface area contributed by atoms with Crippen molar-refractivity contribution in [3.05, 3.63) is 59.1 Å². The molecule has 1 aromatic heterocycles. The van der Waals surface area contributed by atoms with Crippen LogP contribution in [-0.4, -0.2) is 57.3 Å². The van der Waals surface area contributed by atoms with Crippen LogP contribution in [0.5, 0.6) is 0 Å². The summed E-state index contributed by atoms with van der Waals surface area (Å²) in [5, 5.41) is 14.9. The number of anilines is 1. The highest BCUT2D eigenvalue weighted by Gasteiger charge is 2.33. The van der Waals surface area contributed by atoms with Crippen LogP contribution in [0.4, 0.5) is 14.5 Å². The molecule has 2 aromatic carbocycles. The van der Waals surface area contributed by atoms with Crippen LogP contribution in [-0.2, 0) is 20.9 Å². The van der Waals surface area contributed by atoms with Crippen LogP contribution >= 0.6 is 11.6 Å². The number of hydrogen-bond donors (Lipinski definition) is 1. The molecular weight excluding hydrogens is 518 g/mol. The Hall–Kier alpha value is -3.44. The lowest BCUT2D eigenvalue weighted by atomic mass is 10.00. The Morgan fingerprint density at radius 1 is 1.21 bits per heavy atom. The molecule has 1 aliphatic rings. The second kappa shape index (κ2) is 12.4. The second-order valence-electron chi connectivity index (χ2n) is 9.54. The molecule has 202 valence electrons. The summed E-state index contributed by atoms with van der Waals surface area (Å²) in [5.74, 6) is -1.67. The van der Waals surface area contributed by atoms with Crippen molar-refractivity contribution < 1.29 is 23.1 Å². The zero-order chi connectivity index (χ0) is 27.2. The average molecular weight is 547 g/mol. The molecule has 2 amide bonds. The molecular formula is C26H29ClF2N6O3. The van der Waals surface area contributed by atoms with E-state index in [-0.39, 0.29) is 41.0 Å². The Balaban J connectivity index is 1.61. The van der Waals surface area contributed by atoms with E-state index < -0.39 is 23.6 Å². The smallest absolute Gasteiger partial charge is 0.251 e. The number of carbonyl (C=O) groups is 2. The molecule has 1 saturated heterocycles. The van der Waals surface area contributed by atoms with Crippen LogP contribution in [0.1, 0.15) is 33.1 Å². The van der Waals surface area contributed by atoms with Crippen molar-refractivity contribution in [1.82, 2.24) is 25.5 Å². The van der Waals surface area contributed by atoms with E-state index >= 15 is 0 Å². The summed E-state index contributed by atoms with van der Waals surface area (Å²) in [6.45, 7) is 4.50. The monoisotopic (exact) mass is 546 g/mol. The maximum absolute atomic E-state index is 14.0. The molecule has 4 rings (SSSR count). The fraction of sp³-hybridized carbons (Fsp3) is 0.423. The van der Waals surface area contributed by atoms with Gasteiger partial charge >= 0.3 is 0 Å². The number of ether oxygens (including phenoxy) is 1. The fourth-order valence-corrected chi connectivity index (χ4v) is 4.44. The molecule has 1 fully saturated rings. The van der Waals surface area contributed by atoms with E-state index in [2.05, 4.69) is 20.7 Å². The lowest BCUT2D eigenvalue weighted by molar-refractivity contribution is -0.127. The van der Waals surface area contributed by atoms with E-state index in [1.807, 2.05) is 13.8 Å². The Kier molecular flexibility index (Phi) is 9.01. The number of carbonyl (C=O) groups excluding carboxylic acids is 2. The lowest BCUT2D eigenvalue weighted by Crippen LogP contribution is -2.52. The number of nitrogens with one attached hydrogen (secondary N) is 1. The summed E-state index contributed by atoms with van der Waals surface area (Å²) in [6, 6.07) is 8.50. The number of halogens is 3. The minimum Gasteiger partial charge on any atom is -0.376 e. The largest absolute Gasteiger partial charge is 0.376 e. The van der Waals surface area contributed by atoms with Gasteiger partial charge < -0.3 is 10.1 Å². The topological polar surface area (TPSA) is 102 Å². The molecule has 0 radical (unpaired) electrons. The maximum Gasteiger partial charge on any atom is 0.251 e. The van der Waals surface area contributed by atoms with Gasteiger partial charge in [0.25, 0.3) is 5.91 Å². The first-order valence-electron chi connectivity index (χ1n) is 12.4. The van der Waals surface area contributed by atoms with Crippen LogP contribution in [0.2, 0.25) is 5.02 Å². The van der Waals surface area contributed by atoms with Crippen molar-refractivity contribution >= 4 is 29.1 Å². The van der Waals surface area contributed by atoms with Crippen molar-refractivity contribution in [3.8, 4) is 11.4 Å². The third-order valence-corrected chi connectivity index (χ3v) is 6.41. The molecule has 3 aromatic rings. The van der Waals surface area contributed by atoms with Crippen LogP contribution in [0, 0.1) is 17.6 Å². The molecule has 2 atom stereocenters. The molecule has 12 heteroatoms. The first-order chi connectivity index (χ1) is 18.2. The predicted molar refractivity (Wildman–Crippen MR) is 137 cm³/mol. The first kappa shape index (κ1) is 27.6. The van der Waals surface area contributed by atoms with Crippen LogP contribution in [0.15, 0.2) is 42.5 Å². The fourth-order valence-electron chi connectivity index (χ4n) is 4.27. The van der Waals surface area contributed by atoms with Gasteiger partial charge in [-0.05, 0) is 72.9 Å². The zero-order valence-corrected chi connectivity index (χ0v) is 21.9. The maximum atomic E-state index is 14.0. The van der Waals surface area contributed by atoms with Gasteiger partial charge in [-0.25, -0.2) is 8.78 Å². The highest BCUT2D eigenvalue weighted by molar-refractivity contribution is 6.31. The summed E-state index contributed by atoms with van der Waals surface area (Å²) in [4.78, 5) is 29.5. The summed E-state index contributed by atoms with van der Waals surface area (Å²) in [7, 11) is 0. The molecule has 2 heterocycles. The molecule has 1 N–H and O–H groups in total. The quantitative estimate of drug-likeness (QED) is 0.412. The lowest BCUT2D eigenvalue weighted by Gasteiger charge is -2.32. The van der Waals surface area contributed by atoms with Crippen molar-refractivity contribution in [1.29, 1.82) is 0 Å². The van der Waals surface area contributed by atoms with Gasteiger partial charge in [0.2, 0.25) is 11.7 Å². The van der Waals surface area contributed by atoms with Gasteiger partial charge in [0, 0.05) is 24.4 Å². The molecule has 0 aliphatic carbocycles. The third kappa shape index (κ3) is 6.90. The number of nitrogens with zero attached hydrogens (tertiary/aromatic N) is 5. The van der Waals surface area contributed by atoms with Crippen LogP contribution in [0.25, 0.3) is 11.4 Å². The van der Waals surface area contributed by atoms with Gasteiger partial charge in [0.15, 0.2) is 0 Å². The Morgan fingerprint density at radius 3 is 2.63 bits per heavy atom. The molecule has 0 bridgehead atoms. The molecule has 0 saturated carbocycles. The summed E-state index contributed by atoms with van der Waals surface area (Å²) in [5.41, 5.74) is 0.789. The van der Waals surface area contributed by atoms with Gasteiger partial charge in [0.1, 0.15) is 24.2 Å². The van der Waals surface area contributed by atoms with E-state index in [9.17, 15) is 18.4 Å². The van der Waals surface area contributed by atoms with E-state index in [0.29, 0.717) is 25.1 Å². The average Bonchev–Trinajstić information content (AvgIpc) is 3.57. The first-order valence-corrected chi connectivity index (χ1v) is 12.8. The Bertz CT molecular complexity index is 1260. The normalized spacial score (nSPS) is 16.0. The second-order valence-corrected chi connectivity index (χ2v) is 9.95. The Morgan fingerprint density at radius 2 is 1.97 bits per heavy atom. The number of aromatic nitrogens is 4. The Labute approximate surface area is 224 Å². The van der Waals surface area contributed by atoms with Crippen LogP contribution in [0.3, 0.4) is 0 Å². The van der Waals surface area contributed by atoms with Gasteiger partial charge in [-0.1, -0.05) is 25.4 Å².